The van der Waals surface area contributed by atoms with Crippen molar-refractivity contribution in [3.63, 3.8) is 0 Å². The number of hydrogen-bond donors (Lipinski definition) is 2. The molecule has 0 radical (unpaired) electrons. The Bertz CT molecular complexity index is 620. The number of aromatic hydroxyl groups is 1. The SMILES string of the molecule is CCCc1ccc(NC(=O)c2ccc(OC)cc2O)cc1. The lowest BCUT2D eigenvalue weighted by molar-refractivity contribution is 0.102. The van der Waals surface area contributed by atoms with Gasteiger partial charge in [0.15, 0.2) is 0 Å². The maximum atomic E-state index is 12.1. The summed E-state index contributed by atoms with van der Waals surface area (Å²) in [7, 11) is 1.51. The van der Waals surface area contributed by atoms with Crippen molar-refractivity contribution in [2.24, 2.45) is 0 Å². The highest BCUT2D eigenvalue weighted by molar-refractivity contribution is 6.06. The maximum Gasteiger partial charge on any atom is 0.259 e. The molecule has 0 atom stereocenters. The summed E-state index contributed by atoms with van der Waals surface area (Å²) in [6.45, 7) is 2.13. The van der Waals surface area contributed by atoms with Crippen LogP contribution in [0, 0.1) is 0 Å². The van der Waals surface area contributed by atoms with Crippen molar-refractivity contribution in [3.05, 3.63) is 53.6 Å². The van der Waals surface area contributed by atoms with Gasteiger partial charge in [0.1, 0.15) is 11.5 Å². The molecule has 2 N–H and O–H groups in total. The zero-order chi connectivity index (χ0) is 15.2. The van der Waals surface area contributed by atoms with E-state index >= 15 is 0 Å². The summed E-state index contributed by atoms with van der Waals surface area (Å²) in [6, 6.07) is 12.3. The van der Waals surface area contributed by atoms with Crippen LogP contribution >= 0.6 is 0 Å². The van der Waals surface area contributed by atoms with Crippen LogP contribution in [0.2, 0.25) is 0 Å². The molecule has 0 bridgehead atoms. The van der Waals surface area contributed by atoms with Gasteiger partial charge in [-0.2, -0.15) is 0 Å². The lowest BCUT2D eigenvalue weighted by atomic mass is 10.1. The third-order valence-electron chi connectivity index (χ3n) is 3.20. The van der Waals surface area contributed by atoms with Crippen LogP contribution in [0.1, 0.15) is 29.3 Å². The summed E-state index contributed by atoms with van der Waals surface area (Å²) >= 11 is 0. The second-order valence-corrected chi connectivity index (χ2v) is 4.78. The average molecular weight is 285 g/mol. The number of carbonyl (C=O) groups is 1. The Morgan fingerprint density at radius 2 is 1.90 bits per heavy atom. The predicted molar refractivity (Wildman–Crippen MR) is 83.0 cm³/mol. The summed E-state index contributed by atoms with van der Waals surface area (Å²) in [5.41, 5.74) is 2.16. The highest BCUT2D eigenvalue weighted by Gasteiger charge is 2.12. The summed E-state index contributed by atoms with van der Waals surface area (Å²) in [4.78, 5) is 12.1. The van der Waals surface area contributed by atoms with Gasteiger partial charge in [-0.1, -0.05) is 25.5 Å². The first-order chi connectivity index (χ1) is 10.1. The number of carbonyl (C=O) groups excluding carboxylic acids is 1. The van der Waals surface area contributed by atoms with E-state index in [0.717, 1.165) is 12.8 Å². The quantitative estimate of drug-likeness (QED) is 0.882. The number of ether oxygens (including phenoxy) is 1. The molecule has 4 heteroatoms. The molecule has 0 aliphatic carbocycles. The van der Waals surface area contributed by atoms with E-state index in [2.05, 4.69) is 12.2 Å². The lowest BCUT2D eigenvalue weighted by Crippen LogP contribution is -2.12. The molecule has 2 rings (SSSR count). The summed E-state index contributed by atoms with van der Waals surface area (Å²) in [6.07, 6.45) is 2.11. The van der Waals surface area contributed by atoms with Crippen molar-refractivity contribution < 1.29 is 14.6 Å². The van der Waals surface area contributed by atoms with Crippen LogP contribution < -0.4 is 10.1 Å². The molecule has 0 aliphatic rings. The third-order valence-corrected chi connectivity index (χ3v) is 3.20. The number of phenolic OH excluding ortho intramolecular Hbond substituents is 1. The van der Waals surface area contributed by atoms with E-state index in [0.29, 0.717) is 11.4 Å². The van der Waals surface area contributed by atoms with Crippen LogP contribution in [0.4, 0.5) is 5.69 Å². The standard InChI is InChI=1S/C17H19NO3/c1-3-4-12-5-7-13(8-6-12)18-17(20)15-10-9-14(21-2)11-16(15)19/h5-11,19H,3-4H2,1-2H3,(H,18,20). The first-order valence-corrected chi connectivity index (χ1v) is 6.91. The van der Waals surface area contributed by atoms with E-state index in [1.165, 1.54) is 24.8 Å². The van der Waals surface area contributed by atoms with E-state index in [1.54, 1.807) is 6.07 Å². The molecule has 2 aromatic carbocycles. The fraction of sp³-hybridized carbons (Fsp3) is 0.235. The topological polar surface area (TPSA) is 58.6 Å². The monoisotopic (exact) mass is 285 g/mol. The van der Waals surface area contributed by atoms with E-state index < -0.39 is 0 Å². The number of aryl methyl sites for hydroxylation is 1. The second-order valence-electron chi connectivity index (χ2n) is 4.78. The Morgan fingerprint density at radius 1 is 1.19 bits per heavy atom. The molecular weight excluding hydrogens is 266 g/mol. The number of nitrogens with one attached hydrogen (secondary N) is 1. The van der Waals surface area contributed by atoms with Crippen molar-refractivity contribution in [1.29, 1.82) is 0 Å². The molecule has 0 heterocycles. The molecular formula is C17H19NO3. The van der Waals surface area contributed by atoms with Crippen LogP contribution in [0.25, 0.3) is 0 Å². The molecule has 0 unspecified atom stereocenters. The number of anilines is 1. The summed E-state index contributed by atoms with van der Waals surface area (Å²) in [5, 5.41) is 12.6. The molecule has 0 aliphatic heterocycles. The van der Waals surface area contributed by atoms with E-state index in [4.69, 9.17) is 4.74 Å². The van der Waals surface area contributed by atoms with Crippen molar-refractivity contribution in [2.75, 3.05) is 12.4 Å². The van der Waals surface area contributed by atoms with Crippen molar-refractivity contribution in [1.82, 2.24) is 0 Å². The van der Waals surface area contributed by atoms with E-state index in [1.807, 2.05) is 24.3 Å². The molecule has 0 spiro atoms. The number of methoxy groups -OCH3 is 1. The van der Waals surface area contributed by atoms with Gasteiger partial charge in [0.25, 0.3) is 5.91 Å². The van der Waals surface area contributed by atoms with Gasteiger partial charge >= 0.3 is 0 Å². The Kier molecular flexibility index (Phi) is 4.82. The van der Waals surface area contributed by atoms with Gasteiger partial charge in [0.2, 0.25) is 0 Å². The second kappa shape index (κ2) is 6.79. The van der Waals surface area contributed by atoms with Gasteiger partial charge in [-0.05, 0) is 36.2 Å². The number of benzene rings is 2. The number of amides is 1. The largest absolute Gasteiger partial charge is 0.507 e. The van der Waals surface area contributed by atoms with Crippen LogP contribution in [0.5, 0.6) is 11.5 Å². The fourth-order valence-electron chi connectivity index (χ4n) is 2.07. The Hall–Kier alpha value is -2.49. The first kappa shape index (κ1) is 14.9. The number of hydrogen-bond acceptors (Lipinski definition) is 3. The fourth-order valence-corrected chi connectivity index (χ4v) is 2.07. The average Bonchev–Trinajstić information content (AvgIpc) is 2.49. The molecule has 0 saturated carbocycles. The van der Waals surface area contributed by atoms with Crippen molar-refractivity contribution in [2.45, 2.75) is 19.8 Å². The molecule has 110 valence electrons. The Balaban J connectivity index is 2.10. The zero-order valence-electron chi connectivity index (χ0n) is 12.2. The van der Waals surface area contributed by atoms with E-state index in [-0.39, 0.29) is 17.2 Å². The van der Waals surface area contributed by atoms with Crippen molar-refractivity contribution >= 4 is 11.6 Å². The zero-order valence-corrected chi connectivity index (χ0v) is 12.2. The van der Waals surface area contributed by atoms with Gasteiger partial charge < -0.3 is 15.2 Å². The van der Waals surface area contributed by atoms with Gasteiger partial charge in [0, 0.05) is 11.8 Å². The Morgan fingerprint density at radius 3 is 2.48 bits per heavy atom. The lowest BCUT2D eigenvalue weighted by Gasteiger charge is -2.09. The number of phenols is 1. The third kappa shape index (κ3) is 3.75. The van der Waals surface area contributed by atoms with Gasteiger partial charge in [-0.25, -0.2) is 0 Å². The molecule has 0 saturated heterocycles. The van der Waals surface area contributed by atoms with Crippen LogP contribution in [0.3, 0.4) is 0 Å². The summed E-state index contributed by atoms with van der Waals surface area (Å²) in [5.74, 6) is 0.0563. The highest BCUT2D eigenvalue weighted by Crippen LogP contribution is 2.24. The van der Waals surface area contributed by atoms with Crippen LogP contribution in [-0.2, 0) is 6.42 Å². The molecule has 21 heavy (non-hydrogen) atoms. The molecule has 0 fully saturated rings. The number of rotatable bonds is 5. The van der Waals surface area contributed by atoms with E-state index in [9.17, 15) is 9.90 Å². The smallest absolute Gasteiger partial charge is 0.259 e. The van der Waals surface area contributed by atoms with Crippen molar-refractivity contribution in [3.8, 4) is 11.5 Å². The van der Waals surface area contributed by atoms with Gasteiger partial charge in [0.05, 0.1) is 12.7 Å². The van der Waals surface area contributed by atoms with Gasteiger partial charge in [-0.15, -0.1) is 0 Å². The minimum atomic E-state index is -0.349. The predicted octanol–water partition coefficient (Wildman–Crippen LogP) is 3.61. The molecule has 0 aromatic heterocycles. The normalized spacial score (nSPS) is 10.2. The molecule has 1 amide bonds. The first-order valence-electron chi connectivity index (χ1n) is 6.91. The van der Waals surface area contributed by atoms with Crippen LogP contribution in [0.15, 0.2) is 42.5 Å². The van der Waals surface area contributed by atoms with Crippen LogP contribution in [-0.4, -0.2) is 18.1 Å². The minimum Gasteiger partial charge on any atom is -0.507 e. The van der Waals surface area contributed by atoms with Gasteiger partial charge in [-0.3, -0.25) is 4.79 Å². The maximum absolute atomic E-state index is 12.1. The Labute approximate surface area is 124 Å². The highest BCUT2D eigenvalue weighted by atomic mass is 16.5. The summed E-state index contributed by atoms with van der Waals surface area (Å²) < 4.78 is 4.99. The minimum absolute atomic E-state index is 0.102. The molecule has 2 aromatic rings. The molecule has 4 nitrogen and oxygen atoms in total.